The molecule has 2 aromatic carbocycles. The quantitative estimate of drug-likeness (QED) is 0.192. The Bertz CT molecular complexity index is 1170. The van der Waals surface area contributed by atoms with E-state index < -0.39 is 41.0 Å². The van der Waals surface area contributed by atoms with E-state index >= 15 is 0 Å². The Morgan fingerprint density at radius 2 is 1.56 bits per heavy atom. The van der Waals surface area contributed by atoms with Crippen LogP contribution < -0.4 is 0 Å². The minimum atomic E-state index is -4.89. The summed E-state index contributed by atoms with van der Waals surface area (Å²) < 4.78 is 61.3. The fourth-order valence-corrected chi connectivity index (χ4v) is 3.87. The molecule has 0 N–H and O–H groups in total. The van der Waals surface area contributed by atoms with Crippen LogP contribution in [0.2, 0.25) is 20.1 Å². The Morgan fingerprint density at radius 1 is 1.00 bits per heavy atom. The first-order chi connectivity index (χ1) is 16.4. The third kappa shape index (κ3) is 8.00. The van der Waals surface area contributed by atoms with E-state index in [-0.39, 0.29) is 37.8 Å². The van der Waals surface area contributed by atoms with Gasteiger partial charge in [-0.2, -0.15) is 13.2 Å². The Hall–Kier alpha value is -2.00. The number of alkyl halides is 3. The molecule has 1 atom stereocenters. The maximum atomic E-state index is 14.9. The monoisotopic (exact) mass is 587 g/mol. The molecule has 0 aliphatic rings. The average Bonchev–Trinajstić information content (AvgIpc) is 2.72. The second-order valence-electron chi connectivity index (χ2n) is 8.79. The van der Waals surface area contributed by atoms with Crippen molar-refractivity contribution in [1.82, 2.24) is 4.90 Å². The van der Waals surface area contributed by atoms with Gasteiger partial charge in [-0.15, -0.1) is 0 Å². The highest BCUT2D eigenvalue weighted by Gasteiger charge is 2.40. The van der Waals surface area contributed by atoms with Crippen molar-refractivity contribution in [2.45, 2.75) is 38.5 Å². The number of ketones is 1. The van der Waals surface area contributed by atoms with Gasteiger partial charge in [0.15, 0.2) is 5.78 Å². The third-order valence-corrected chi connectivity index (χ3v) is 6.17. The maximum Gasteiger partial charge on any atom is 0.410 e. The van der Waals surface area contributed by atoms with E-state index in [4.69, 9.17) is 51.1 Å². The van der Waals surface area contributed by atoms with Crippen molar-refractivity contribution in [1.29, 1.82) is 0 Å². The van der Waals surface area contributed by atoms with Crippen molar-refractivity contribution in [2.75, 3.05) is 13.6 Å². The number of ether oxygens (including phenoxy) is 1. The van der Waals surface area contributed by atoms with Crippen LogP contribution in [0.3, 0.4) is 0 Å². The summed E-state index contributed by atoms with van der Waals surface area (Å²) in [7, 11) is 1.35. The minimum absolute atomic E-state index is 0.0488. The maximum absolute atomic E-state index is 14.9. The van der Waals surface area contributed by atoms with E-state index in [1.807, 2.05) is 0 Å². The van der Waals surface area contributed by atoms with Crippen LogP contribution in [-0.4, -0.2) is 42.1 Å². The van der Waals surface area contributed by atoms with Gasteiger partial charge in [-0.05, 0) is 56.7 Å². The van der Waals surface area contributed by atoms with Gasteiger partial charge in [-0.25, -0.2) is 9.18 Å². The first kappa shape index (κ1) is 30.2. The highest BCUT2D eigenvalue weighted by atomic mass is 35.5. The van der Waals surface area contributed by atoms with E-state index in [9.17, 15) is 27.2 Å². The lowest BCUT2D eigenvalue weighted by Gasteiger charge is -2.24. The molecule has 2 aromatic rings. The molecule has 2 rings (SSSR count). The Labute approximate surface area is 225 Å². The molecule has 0 heterocycles. The molecular weight excluding hydrogens is 568 g/mol. The predicted octanol–water partition coefficient (Wildman–Crippen LogP) is 9.01. The first-order valence-corrected chi connectivity index (χ1v) is 11.8. The molecule has 0 aliphatic heterocycles. The highest BCUT2D eigenvalue weighted by Crippen LogP contribution is 2.42. The Balaban J connectivity index is 2.32. The highest BCUT2D eigenvalue weighted by molar-refractivity contribution is 6.48. The molecule has 0 aliphatic carbocycles. The van der Waals surface area contributed by atoms with E-state index in [2.05, 4.69) is 0 Å². The lowest BCUT2D eigenvalue weighted by Crippen LogP contribution is -2.37. The van der Waals surface area contributed by atoms with Gasteiger partial charge in [0.25, 0.3) is 0 Å². The summed E-state index contributed by atoms with van der Waals surface area (Å²) in [6.07, 6.45) is -5.28. The van der Waals surface area contributed by atoms with Gasteiger partial charge in [0, 0.05) is 18.2 Å². The third-order valence-electron chi connectivity index (χ3n) is 4.66. The zero-order valence-electron chi connectivity index (χ0n) is 19.4. The summed E-state index contributed by atoms with van der Waals surface area (Å²) in [5, 5.41) is -0.773. The summed E-state index contributed by atoms with van der Waals surface area (Å²) in [6, 6.07) is 5.19. The normalized spacial score (nSPS) is 13.4. The first-order valence-electron chi connectivity index (χ1n) is 10.3. The second kappa shape index (κ2) is 11.6. The van der Waals surface area contributed by atoms with Crippen molar-refractivity contribution < 1.29 is 31.9 Å². The van der Waals surface area contributed by atoms with Crippen molar-refractivity contribution in [3.63, 3.8) is 0 Å². The summed E-state index contributed by atoms with van der Waals surface area (Å²) in [6.45, 7) is 4.60. The van der Waals surface area contributed by atoms with E-state index in [0.717, 1.165) is 35.2 Å². The fourth-order valence-electron chi connectivity index (χ4n) is 2.97. The van der Waals surface area contributed by atoms with Gasteiger partial charge < -0.3 is 9.64 Å². The summed E-state index contributed by atoms with van der Waals surface area (Å²) in [4.78, 5) is 25.7. The minimum Gasteiger partial charge on any atom is -0.444 e. The number of amides is 1. The van der Waals surface area contributed by atoms with E-state index in [0.29, 0.717) is 6.08 Å². The molecule has 0 spiro atoms. The van der Waals surface area contributed by atoms with Crippen LogP contribution in [0.25, 0.3) is 5.83 Å². The molecule has 0 fully saturated rings. The van der Waals surface area contributed by atoms with Crippen molar-refractivity contribution in [3.05, 3.63) is 73.2 Å². The largest absolute Gasteiger partial charge is 0.444 e. The van der Waals surface area contributed by atoms with Gasteiger partial charge in [-0.3, -0.25) is 4.79 Å². The lowest BCUT2D eigenvalue weighted by molar-refractivity contribution is -0.139. The molecule has 1 unspecified atom stereocenters. The zero-order chi connectivity index (χ0) is 27.6. The average molecular weight is 589 g/mol. The smallest absolute Gasteiger partial charge is 0.410 e. The van der Waals surface area contributed by atoms with Crippen molar-refractivity contribution in [3.8, 4) is 0 Å². The molecule has 12 heteroatoms. The molecule has 0 saturated carbocycles. The number of allylic oxidation sites excluding steroid dienone is 1. The van der Waals surface area contributed by atoms with Crippen LogP contribution in [0.5, 0.6) is 0 Å². The molecule has 1 amide bonds. The molecule has 0 bridgehead atoms. The summed E-state index contributed by atoms with van der Waals surface area (Å²) >= 11 is 23.6. The number of carbonyl (C=O) groups excluding carboxylic acids is 2. The molecular formula is C24H21Cl4F4NO3. The van der Waals surface area contributed by atoms with Crippen LogP contribution in [0, 0.1) is 0 Å². The molecule has 0 radical (unpaired) electrons. The number of likely N-dealkylation sites (N-methyl/N-ethyl adjacent to an activating group) is 1. The topological polar surface area (TPSA) is 46.6 Å². The van der Waals surface area contributed by atoms with Gasteiger partial charge in [0.1, 0.15) is 17.3 Å². The number of Topliss-reactive ketones (excluding diaryl/α,β-unsaturated/α-hetero) is 1. The van der Waals surface area contributed by atoms with Crippen LogP contribution in [0.15, 0.2) is 36.4 Å². The van der Waals surface area contributed by atoms with Gasteiger partial charge in [0.05, 0.1) is 26.6 Å². The molecule has 0 aromatic heterocycles. The van der Waals surface area contributed by atoms with Gasteiger partial charge >= 0.3 is 12.3 Å². The van der Waals surface area contributed by atoms with Crippen LogP contribution in [0.4, 0.5) is 22.4 Å². The Morgan fingerprint density at radius 3 is 2.03 bits per heavy atom. The number of halogens is 8. The number of hydrogen-bond acceptors (Lipinski definition) is 3. The molecule has 4 nitrogen and oxygen atoms in total. The van der Waals surface area contributed by atoms with Gasteiger partial charge in [-0.1, -0.05) is 52.5 Å². The standard InChI is InChI=1S/C24H21Cl4F4NO3/c1-23(2,3)36-22(35)33(4)11-20(34)14-6-5-12(7-16(14)25)19(29)10-15(24(30,31)32)13-8-17(26)21(28)18(27)9-13/h5-10,15H,11H2,1-4H3/b19-10-. The predicted molar refractivity (Wildman–Crippen MR) is 134 cm³/mol. The molecule has 196 valence electrons. The summed E-state index contributed by atoms with van der Waals surface area (Å²) in [5.41, 5.74) is -1.53. The van der Waals surface area contributed by atoms with E-state index in [1.165, 1.54) is 7.05 Å². The van der Waals surface area contributed by atoms with Crippen molar-refractivity contribution in [2.24, 2.45) is 0 Å². The molecule has 36 heavy (non-hydrogen) atoms. The van der Waals surface area contributed by atoms with Gasteiger partial charge in [0.2, 0.25) is 0 Å². The van der Waals surface area contributed by atoms with Crippen LogP contribution in [-0.2, 0) is 4.74 Å². The zero-order valence-corrected chi connectivity index (χ0v) is 22.5. The second-order valence-corrected chi connectivity index (χ2v) is 10.4. The number of hydrogen-bond donors (Lipinski definition) is 0. The summed E-state index contributed by atoms with van der Waals surface area (Å²) in [5.74, 6) is -4.22. The van der Waals surface area contributed by atoms with E-state index in [1.54, 1.807) is 20.8 Å². The SMILES string of the molecule is CN(CC(=O)c1ccc(/C(F)=C/C(c2cc(Cl)c(Cl)c(Cl)c2)C(F)(F)F)cc1Cl)C(=O)OC(C)(C)C. The fraction of sp³-hybridized carbons (Fsp3) is 0.333. The number of carbonyl (C=O) groups is 2. The van der Waals surface area contributed by atoms with Crippen LogP contribution >= 0.6 is 46.4 Å². The number of benzene rings is 2. The number of rotatable bonds is 6. The lowest BCUT2D eigenvalue weighted by atomic mass is 9.96. The number of nitrogens with zero attached hydrogens (tertiary/aromatic N) is 1. The van der Waals surface area contributed by atoms with Crippen LogP contribution in [0.1, 0.15) is 48.2 Å². The Kier molecular flexibility index (Phi) is 9.73. The van der Waals surface area contributed by atoms with Crippen molar-refractivity contribution >= 4 is 64.1 Å². The molecule has 0 saturated heterocycles.